The van der Waals surface area contributed by atoms with Crippen molar-refractivity contribution >= 4 is 28.8 Å². The van der Waals surface area contributed by atoms with E-state index in [9.17, 15) is 14.7 Å². The zero-order valence-electron chi connectivity index (χ0n) is 22.9. The Morgan fingerprint density at radius 3 is 1.63 bits per heavy atom. The number of thioether (sulfide) groups is 1. The summed E-state index contributed by atoms with van der Waals surface area (Å²) in [5.74, 6) is -0.971. The number of carbonyl (C=O) groups excluding carboxylic acids is 1. The zero-order valence-corrected chi connectivity index (χ0v) is 23.7. The van der Waals surface area contributed by atoms with Gasteiger partial charge in [0.25, 0.3) is 0 Å². The molecule has 1 aliphatic rings. The molecule has 0 aromatic carbocycles. The molecule has 1 unspecified atom stereocenters. The molecular weight excluding hydrogens is 456 g/mol. The number of rotatable bonds is 24. The van der Waals surface area contributed by atoms with E-state index in [2.05, 4.69) is 13.8 Å². The predicted molar refractivity (Wildman–Crippen MR) is 151 cm³/mol. The lowest BCUT2D eigenvalue weighted by Crippen LogP contribution is -2.33. The number of carboxylic acids is 1. The van der Waals surface area contributed by atoms with E-state index in [1.165, 1.54) is 121 Å². The maximum atomic E-state index is 12.8. The average molecular weight is 511 g/mol. The van der Waals surface area contributed by atoms with Crippen LogP contribution < -0.4 is 0 Å². The first-order valence-corrected chi connectivity index (χ1v) is 15.7. The second kappa shape index (κ2) is 22.2. The molecule has 0 saturated carbocycles. The number of carboxylic acid groups (broad SMARTS) is 1. The second-order valence-corrected chi connectivity index (χ2v) is 11.4. The van der Waals surface area contributed by atoms with Crippen LogP contribution in [-0.2, 0) is 9.59 Å². The number of amides is 1. The van der Waals surface area contributed by atoms with Crippen LogP contribution in [0.15, 0.2) is 4.99 Å². The molecular formula is C29H54N2O3S. The molecule has 35 heavy (non-hydrogen) atoms. The molecule has 1 atom stereocenters. The van der Waals surface area contributed by atoms with E-state index in [0.29, 0.717) is 6.54 Å². The number of carbonyl (C=O) groups is 2. The van der Waals surface area contributed by atoms with Crippen LogP contribution in [0.5, 0.6) is 0 Å². The summed E-state index contributed by atoms with van der Waals surface area (Å²) in [6, 6.07) is 0. The number of aliphatic carboxylic acids is 1. The zero-order chi connectivity index (χ0) is 25.6. The molecule has 1 aliphatic heterocycles. The van der Waals surface area contributed by atoms with Gasteiger partial charge in [0, 0.05) is 13.1 Å². The van der Waals surface area contributed by atoms with E-state index < -0.39 is 11.2 Å². The molecule has 0 aromatic rings. The minimum absolute atomic E-state index is 0.0600. The number of hydrogen-bond acceptors (Lipinski definition) is 4. The minimum atomic E-state index is -0.911. The topological polar surface area (TPSA) is 70.0 Å². The normalized spacial score (nSPS) is 17.1. The Morgan fingerprint density at radius 1 is 0.743 bits per heavy atom. The molecule has 1 heterocycles. The number of hydrogen-bond donors (Lipinski definition) is 1. The van der Waals surface area contributed by atoms with Crippen molar-refractivity contribution in [2.75, 3.05) is 13.1 Å². The summed E-state index contributed by atoms with van der Waals surface area (Å²) < 4.78 is 0. The van der Waals surface area contributed by atoms with Crippen LogP contribution in [-0.4, -0.2) is 45.4 Å². The van der Waals surface area contributed by atoms with Gasteiger partial charge in [-0.15, -0.1) is 0 Å². The van der Waals surface area contributed by atoms with Crippen LogP contribution in [0.2, 0.25) is 0 Å². The lowest BCUT2D eigenvalue weighted by molar-refractivity contribution is -0.139. The summed E-state index contributed by atoms with van der Waals surface area (Å²) in [7, 11) is 0. The first-order valence-electron chi connectivity index (χ1n) is 14.8. The van der Waals surface area contributed by atoms with Crippen molar-refractivity contribution in [3.05, 3.63) is 0 Å². The van der Waals surface area contributed by atoms with Crippen molar-refractivity contribution in [2.24, 2.45) is 4.99 Å². The third kappa shape index (κ3) is 16.3. The van der Waals surface area contributed by atoms with Gasteiger partial charge in [-0.2, -0.15) is 0 Å². The monoisotopic (exact) mass is 510 g/mol. The quantitative estimate of drug-likeness (QED) is 0.132. The fourth-order valence-electron chi connectivity index (χ4n) is 4.66. The van der Waals surface area contributed by atoms with E-state index in [1.807, 2.05) is 0 Å². The van der Waals surface area contributed by atoms with Gasteiger partial charge in [0.15, 0.2) is 5.17 Å². The van der Waals surface area contributed by atoms with Crippen molar-refractivity contribution in [1.29, 1.82) is 0 Å². The number of aliphatic imine (C=N–C) groups is 1. The van der Waals surface area contributed by atoms with Crippen LogP contribution >= 0.6 is 11.8 Å². The van der Waals surface area contributed by atoms with Crippen LogP contribution in [0.25, 0.3) is 0 Å². The van der Waals surface area contributed by atoms with Crippen LogP contribution in [0.4, 0.5) is 0 Å². The predicted octanol–water partition coefficient (Wildman–Crippen LogP) is 8.60. The summed E-state index contributed by atoms with van der Waals surface area (Å²) in [5.41, 5.74) is 0. The number of nitrogens with zero attached hydrogens (tertiary/aromatic N) is 2. The third-order valence-electron chi connectivity index (χ3n) is 6.87. The first-order chi connectivity index (χ1) is 17.1. The van der Waals surface area contributed by atoms with Gasteiger partial charge >= 0.3 is 5.97 Å². The lowest BCUT2D eigenvalue weighted by atomic mass is 10.1. The molecule has 1 rings (SSSR count). The molecule has 204 valence electrons. The molecule has 1 saturated heterocycles. The van der Waals surface area contributed by atoms with E-state index in [4.69, 9.17) is 4.99 Å². The molecule has 5 nitrogen and oxygen atoms in total. The van der Waals surface area contributed by atoms with Crippen molar-refractivity contribution in [1.82, 2.24) is 4.90 Å². The lowest BCUT2D eigenvalue weighted by Gasteiger charge is -2.16. The first kappa shape index (κ1) is 32.0. The molecule has 1 amide bonds. The van der Waals surface area contributed by atoms with Gasteiger partial charge in [-0.1, -0.05) is 141 Å². The Kier molecular flexibility index (Phi) is 20.3. The van der Waals surface area contributed by atoms with Gasteiger partial charge in [0.2, 0.25) is 5.91 Å². The highest BCUT2D eigenvalue weighted by Crippen LogP contribution is 2.30. The standard InChI is InChI=1S/C29H54N2O3S/c1-3-5-7-9-11-13-15-17-19-21-23-30-29-31(28(34)26(35-29)25-27(32)33)24-22-20-18-16-14-12-10-8-6-4-2/h26H,3-25H2,1-2H3,(H,32,33). The fourth-order valence-corrected chi connectivity index (χ4v) is 5.84. The Labute approximate surface area is 220 Å². The highest BCUT2D eigenvalue weighted by molar-refractivity contribution is 8.15. The van der Waals surface area contributed by atoms with Gasteiger partial charge in [0.05, 0.1) is 6.42 Å². The second-order valence-electron chi connectivity index (χ2n) is 10.2. The molecule has 0 spiro atoms. The van der Waals surface area contributed by atoms with Gasteiger partial charge in [0.1, 0.15) is 5.25 Å². The largest absolute Gasteiger partial charge is 0.481 e. The molecule has 1 fully saturated rings. The smallest absolute Gasteiger partial charge is 0.305 e. The summed E-state index contributed by atoms with van der Waals surface area (Å²) >= 11 is 1.36. The molecule has 1 N–H and O–H groups in total. The van der Waals surface area contributed by atoms with Crippen molar-refractivity contribution in [3.8, 4) is 0 Å². The number of amidine groups is 1. The summed E-state index contributed by atoms with van der Waals surface area (Å²) in [6.07, 6.45) is 25.4. The molecule has 0 aromatic heterocycles. The van der Waals surface area contributed by atoms with Crippen LogP contribution in [0.3, 0.4) is 0 Å². The van der Waals surface area contributed by atoms with Gasteiger partial charge < -0.3 is 5.11 Å². The number of unbranched alkanes of at least 4 members (excludes halogenated alkanes) is 18. The maximum absolute atomic E-state index is 12.8. The summed E-state index contributed by atoms with van der Waals surface area (Å²) in [5, 5.41) is 9.43. The Morgan fingerprint density at radius 2 is 1.17 bits per heavy atom. The molecule has 0 aliphatic carbocycles. The SMILES string of the molecule is CCCCCCCCCCCCN=C1SC(CC(=O)O)C(=O)N1CCCCCCCCCCCC. The Bertz CT molecular complexity index is 582. The maximum Gasteiger partial charge on any atom is 0.305 e. The van der Waals surface area contributed by atoms with Crippen molar-refractivity contribution < 1.29 is 14.7 Å². The average Bonchev–Trinajstić information content (AvgIpc) is 3.12. The molecule has 6 heteroatoms. The van der Waals surface area contributed by atoms with Crippen LogP contribution in [0.1, 0.15) is 149 Å². The summed E-state index contributed by atoms with van der Waals surface area (Å²) in [6.45, 7) is 5.92. The van der Waals surface area contributed by atoms with Crippen molar-refractivity contribution in [3.63, 3.8) is 0 Å². The van der Waals surface area contributed by atoms with Gasteiger partial charge in [-0.25, -0.2) is 0 Å². The summed E-state index contributed by atoms with van der Waals surface area (Å²) in [4.78, 5) is 30.5. The highest BCUT2D eigenvalue weighted by atomic mass is 32.2. The van der Waals surface area contributed by atoms with E-state index in [1.54, 1.807) is 4.90 Å². The van der Waals surface area contributed by atoms with Crippen LogP contribution in [0, 0.1) is 0 Å². The van der Waals surface area contributed by atoms with E-state index in [-0.39, 0.29) is 12.3 Å². The minimum Gasteiger partial charge on any atom is -0.481 e. The Balaban J connectivity index is 2.27. The Hall–Kier alpha value is -1.04. The van der Waals surface area contributed by atoms with E-state index >= 15 is 0 Å². The highest BCUT2D eigenvalue weighted by Gasteiger charge is 2.38. The third-order valence-corrected chi connectivity index (χ3v) is 8.09. The van der Waals surface area contributed by atoms with Gasteiger partial charge in [-0.05, 0) is 12.8 Å². The van der Waals surface area contributed by atoms with E-state index in [0.717, 1.165) is 31.0 Å². The van der Waals surface area contributed by atoms with Gasteiger partial charge in [-0.3, -0.25) is 19.5 Å². The fraction of sp³-hybridized carbons (Fsp3) is 0.897. The molecule has 0 radical (unpaired) electrons. The molecule has 0 bridgehead atoms. The van der Waals surface area contributed by atoms with Crippen molar-refractivity contribution in [2.45, 2.75) is 154 Å².